The van der Waals surface area contributed by atoms with Gasteiger partial charge >= 0.3 is 18.0 Å². The van der Waals surface area contributed by atoms with Crippen LogP contribution in [0.2, 0.25) is 0 Å². The van der Waals surface area contributed by atoms with Gasteiger partial charge in [-0.05, 0) is 59.1 Å². The largest absolute Gasteiger partial charge is 0.480 e. The van der Waals surface area contributed by atoms with E-state index in [1.54, 1.807) is 58.0 Å². The van der Waals surface area contributed by atoms with E-state index in [1.807, 2.05) is 0 Å². The van der Waals surface area contributed by atoms with Crippen molar-refractivity contribution in [3.05, 3.63) is 35.9 Å². The Balaban J connectivity index is 1.62. The molecule has 1 aliphatic carbocycles. The van der Waals surface area contributed by atoms with Crippen LogP contribution < -0.4 is 5.32 Å². The van der Waals surface area contributed by atoms with Crippen LogP contribution in [0.5, 0.6) is 0 Å². The number of rotatable bonds is 4. The minimum atomic E-state index is -1.37. The lowest BCUT2D eigenvalue weighted by Gasteiger charge is -2.41. The molecular weight excluding hydrogens is 442 g/mol. The fourth-order valence-electron chi connectivity index (χ4n) is 5.16. The second-order valence-corrected chi connectivity index (χ2v) is 10.5. The Morgan fingerprint density at radius 3 is 2.41 bits per heavy atom. The Kier molecular flexibility index (Phi) is 5.83. The first kappa shape index (κ1) is 24.0. The SMILES string of the molecule is CC(C)(C)OC(=O)N[C@H]1CN(OC(=O)c2ccccc2)CC2CC23CCC(C)(C(=O)O)N3C1=O. The maximum absolute atomic E-state index is 13.8. The summed E-state index contributed by atoms with van der Waals surface area (Å²) in [5, 5.41) is 13.9. The van der Waals surface area contributed by atoms with Crippen LogP contribution in [-0.4, -0.2) is 74.8 Å². The van der Waals surface area contributed by atoms with Crippen LogP contribution in [0, 0.1) is 5.92 Å². The minimum Gasteiger partial charge on any atom is -0.480 e. The quantitative estimate of drug-likeness (QED) is 0.682. The smallest absolute Gasteiger partial charge is 0.408 e. The molecule has 3 aliphatic rings. The molecule has 3 unspecified atom stereocenters. The molecular formula is C24H31N3O7. The van der Waals surface area contributed by atoms with Crippen LogP contribution in [0.15, 0.2) is 30.3 Å². The third kappa shape index (κ3) is 4.34. The summed E-state index contributed by atoms with van der Waals surface area (Å²) in [6.45, 7) is 6.85. The fraction of sp³-hybridized carbons (Fsp3) is 0.583. The predicted molar refractivity (Wildman–Crippen MR) is 120 cm³/mol. The van der Waals surface area contributed by atoms with E-state index < -0.39 is 46.7 Å². The summed E-state index contributed by atoms with van der Waals surface area (Å²) in [5.74, 6) is -2.20. The summed E-state index contributed by atoms with van der Waals surface area (Å²) in [4.78, 5) is 58.3. The predicted octanol–water partition coefficient (Wildman–Crippen LogP) is 2.19. The standard InChI is InChI=1S/C24H31N3O7/c1-22(2,3)33-21(32)25-17-14-26(34-19(29)15-8-6-5-7-9-15)13-16-12-24(16)11-10-23(4,20(30)31)27(24)18(17)28/h5-9,16-17H,10-14H2,1-4H3,(H,25,32)(H,30,31)/t16?,17-,23?,24?/m0/s1. The highest BCUT2D eigenvalue weighted by atomic mass is 16.7. The van der Waals surface area contributed by atoms with Gasteiger partial charge in [0.05, 0.1) is 12.1 Å². The number of ether oxygens (including phenoxy) is 1. The number of amides is 2. The Morgan fingerprint density at radius 2 is 1.79 bits per heavy atom. The molecule has 0 radical (unpaired) electrons. The zero-order valence-corrected chi connectivity index (χ0v) is 19.9. The molecule has 3 fully saturated rings. The van der Waals surface area contributed by atoms with Crippen LogP contribution >= 0.6 is 0 Å². The van der Waals surface area contributed by atoms with Crippen LogP contribution in [0.1, 0.15) is 57.3 Å². The summed E-state index contributed by atoms with van der Waals surface area (Å²) < 4.78 is 5.33. The van der Waals surface area contributed by atoms with E-state index in [4.69, 9.17) is 9.57 Å². The minimum absolute atomic E-state index is 0.0383. The average Bonchev–Trinajstić information content (AvgIpc) is 3.31. The number of hydrogen-bond acceptors (Lipinski definition) is 7. The highest BCUT2D eigenvalue weighted by molar-refractivity contribution is 5.93. The molecule has 2 amide bonds. The van der Waals surface area contributed by atoms with E-state index >= 15 is 0 Å². The Hall–Kier alpha value is -3.14. The van der Waals surface area contributed by atoms with Gasteiger partial charge in [0.2, 0.25) is 5.91 Å². The lowest BCUT2D eigenvalue weighted by molar-refractivity contribution is -0.165. The highest BCUT2D eigenvalue weighted by Gasteiger charge is 2.70. The van der Waals surface area contributed by atoms with E-state index in [2.05, 4.69) is 5.32 Å². The number of hydrogen-bond donors (Lipinski definition) is 2. The number of alkyl carbamates (subject to hydrolysis) is 1. The van der Waals surface area contributed by atoms with Crippen molar-refractivity contribution in [2.75, 3.05) is 13.1 Å². The van der Waals surface area contributed by atoms with Crippen molar-refractivity contribution < 1.29 is 33.9 Å². The molecule has 2 saturated heterocycles. The van der Waals surface area contributed by atoms with Crippen molar-refractivity contribution in [1.82, 2.24) is 15.3 Å². The molecule has 1 spiro atoms. The summed E-state index contributed by atoms with van der Waals surface area (Å²) in [6, 6.07) is 7.33. The Labute approximate surface area is 198 Å². The second kappa shape index (κ2) is 8.26. The van der Waals surface area contributed by atoms with Gasteiger partial charge in [-0.15, -0.1) is 5.06 Å². The number of hydroxylamine groups is 2. The highest BCUT2D eigenvalue weighted by Crippen LogP contribution is 2.60. The van der Waals surface area contributed by atoms with Gasteiger partial charge in [0, 0.05) is 18.0 Å². The van der Waals surface area contributed by atoms with Crippen LogP contribution in [0.25, 0.3) is 0 Å². The summed E-state index contributed by atoms with van der Waals surface area (Å²) >= 11 is 0. The van der Waals surface area contributed by atoms with Crippen molar-refractivity contribution in [3.8, 4) is 0 Å². The third-order valence-electron chi connectivity index (χ3n) is 6.89. The maximum Gasteiger partial charge on any atom is 0.408 e. The number of carbonyl (C=O) groups excluding carboxylic acids is 3. The van der Waals surface area contributed by atoms with Crippen molar-refractivity contribution in [1.29, 1.82) is 0 Å². The molecule has 10 nitrogen and oxygen atoms in total. The molecule has 4 atom stereocenters. The zero-order chi connectivity index (χ0) is 24.9. The molecule has 2 aliphatic heterocycles. The number of benzene rings is 1. The van der Waals surface area contributed by atoms with E-state index in [-0.39, 0.29) is 12.5 Å². The molecule has 2 heterocycles. The van der Waals surface area contributed by atoms with E-state index in [9.17, 15) is 24.3 Å². The van der Waals surface area contributed by atoms with Crippen LogP contribution in [0.4, 0.5) is 4.79 Å². The van der Waals surface area contributed by atoms with Gasteiger partial charge in [-0.25, -0.2) is 14.4 Å². The summed E-state index contributed by atoms with van der Waals surface area (Å²) in [5.41, 5.74) is -2.43. The normalized spacial score (nSPS) is 30.9. The summed E-state index contributed by atoms with van der Waals surface area (Å²) in [6.07, 6.45) is 0.651. The third-order valence-corrected chi connectivity index (χ3v) is 6.89. The van der Waals surface area contributed by atoms with Crippen molar-refractivity contribution in [3.63, 3.8) is 0 Å². The number of nitrogens with one attached hydrogen (secondary N) is 1. The zero-order valence-electron chi connectivity index (χ0n) is 19.9. The molecule has 184 valence electrons. The van der Waals surface area contributed by atoms with Gasteiger partial charge in [0.25, 0.3) is 0 Å². The number of aliphatic carboxylic acids is 1. The Morgan fingerprint density at radius 1 is 1.12 bits per heavy atom. The fourth-order valence-corrected chi connectivity index (χ4v) is 5.16. The Bertz CT molecular complexity index is 1010. The van der Waals surface area contributed by atoms with Crippen molar-refractivity contribution in [2.24, 2.45) is 5.92 Å². The topological polar surface area (TPSA) is 125 Å². The molecule has 1 aromatic rings. The summed E-state index contributed by atoms with van der Waals surface area (Å²) in [7, 11) is 0. The lowest BCUT2D eigenvalue weighted by atomic mass is 9.98. The number of carbonyl (C=O) groups is 4. The molecule has 34 heavy (non-hydrogen) atoms. The van der Waals surface area contributed by atoms with Gasteiger partial charge in [0.15, 0.2) is 0 Å². The molecule has 0 aromatic heterocycles. The monoisotopic (exact) mass is 473 g/mol. The molecule has 1 saturated carbocycles. The van der Waals surface area contributed by atoms with Crippen molar-refractivity contribution in [2.45, 2.75) is 69.7 Å². The first-order valence-electron chi connectivity index (χ1n) is 11.5. The van der Waals surface area contributed by atoms with Crippen molar-refractivity contribution >= 4 is 23.9 Å². The molecule has 10 heteroatoms. The number of nitrogens with zero attached hydrogens (tertiary/aromatic N) is 2. The average molecular weight is 474 g/mol. The van der Waals surface area contributed by atoms with Crippen LogP contribution in [-0.2, 0) is 19.2 Å². The van der Waals surface area contributed by atoms with Gasteiger partial charge in [0.1, 0.15) is 17.2 Å². The molecule has 4 rings (SSSR count). The van der Waals surface area contributed by atoms with Gasteiger partial charge in [-0.1, -0.05) is 18.2 Å². The first-order valence-corrected chi connectivity index (χ1v) is 11.5. The number of carboxylic acid groups (broad SMARTS) is 1. The molecule has 1 aromatic carbocycles. The molecule has 2 N–H and O–H groups in total. The van der Waals surface area contributed by atoms with E-state index in [1.165, 1.54) is 9.96 Å². The van der Waals surface area contributed by atoms with Gasteiger partial charge < -0.3 is 24.9 Å². The van der Waals surface area contributed by atoms with E-state index in [0.29, 0.717) is 31.4 Å². The number of carboxylic acids is 1. The molecule has 0 bridgehead atoms. The second-order valence-electron chi connectivity index (χ2n) is 10.5. The van der Waals surface area contributed by atoms with Crippen LogP contribution in [0.3, 0.4) is 0 Å². The lowest BCUT2D eigenvalue weighted by Crippen LogP contribution is -2.64. The first-order chi connectivity index (χ1) is 15.9. The van der Waals surface area contributed by atoms with Gasteiger partial charge in [-0.2, -0.15) is 0 Å². The maximum atomic E-state index is 13.8. The van der Waals surface area contributed by atoms with E-state index in [0.717, 1.165) is 0 Å². The van der Waals surface area contributed by atoms with Gasteiger partial charge in [-0.3, -0.25) is 4.79 Å².